The van der Waals surface area contributed by atoms with Crippen LogP contribution in [-0.4, -0.2) is 36.7 Å². The first kappa shape index (κ1) is 27.5. The van der Waals surface area contributed by atoms with Crippen molar-refractivity contribution in [2.75, 3.05) is 24.6 Å². The number of cyclic esters (lactones) is 1. The molecule has 1 saturated heterocycles. The smallest absolute Gasteiger partial charge is 0.414 e. The molecule has 2 heterocycles. The van der Waals surface area contributed by atoms with E-state index in [1.807, 2.05) is 30.3 Å². The number of carbonyl (C=O) groups is 2. The monoisotopic (exact) mass is 562 g/mol. The number of amides is 2. The molecule has 8 nitrogen and oxygen atoms in total. The Hall–Kier alpha value is -4.64. The number of hydrogen-bond donors (Lipinski definition) is 1. The second-order valence-corrected chi connectivity index (χ2v) is 11.6. The molecule has 1 aliphatic heterocycles. The van der Waals surface area contributed by atoms with Gasteiger partial charge in [0.2, 0.25) is 5.89 Å². The molecule has 6 rings (SSSR count). The molecule has 0 atom stereocenters. The molecule has 2 aliphatic rings. The van der Waals surface area contributed by atoms with Crippen LogP contribution in [0.4, 0.5) is 10.5 Å². The summed E-state index contributed by atoms with van der Waals surface area (Å²) in [6.07, 6.45) is 4.01. The maximum atomic E-state index is 12.9. The number of benzene rings is 3. The third-order valence-corrected chi connectivity index (χ3v) is 8.50. The van der Waals surface area contributed by atoms with Crippen molar-refractivity contribution in [2.24, 2.45) is 5.92 Å². The lowest BCUT2D eigenvalue weighted by molar-refractivity contribution is 0.0943. The molecule has 4 aromatic rings. The number of nitrogens with zero attached hydrogens (tertiary/aromatic N) is 3. The minimum Gasteiger partial charge on any atom is -0.447 e. The van der Waals surface area contributed by atoms with Gasteiger partial charge < -0.3 is 14.5 Å². The molecule has 1 aromatic heterocycles. The average molecular weight is 563 g/mol. The van der Waals surface area contributed by atoms with Crippen LogP contribution in [0.15, 0.2) is 65.1 Å². The van der Waals surface area contributed by atoms with E-state index in [-0.39, 0.29) is 17.9 Å². The number of nitrogens with one attached hydrogen (secondary N) is 1. The van der Waals surface area contributed by atoms with E-state index in [1.165, 1.54) is 5.56 Å². The summed E-state index contributed by atoms with van der Waals surface area (Å²) < 4.78 is 11.1. The predicted octanol–water partition coefficient (Wildman–Crippen LogP) is 7.15. The molecule has 0 bridgehead atoms. The molecule has 2 amide bonds. The molecule has 3 aromatic carbocycles. The zero-order chi connectivity index (χ0) is 29.2. The normalized spacial score (nSPS) is 18.7. The third-order valence-electron chi connectivity index (χ3n) is 8.50. The van der Waals surface area contributed by atoms with Gasteiger partial charge in [0.05, 0.1) is 18.2 Å². The van der Waals surface area contributed by atoms with Crippen molar-refractivity contribution in [2.45, 2.75) is 51.4 Å². The first-order chi connectivity index (χ1) is 20.4. The Bertz CT molecular complexity index is 1640. The lowest BCUT2D eigenvalue weighted by Crippen LogP contribution is -2.31. The minimum atomic E-state index is -0.277. The van der Waals surface area contributed by atoms with Crippen LogP contribution in [0, 0.1) is 17.2 Å². The molecule has 1 N–H and O–H groups in total. The Kier molecular flexibility index (Phi) is 7.66. The summed E-state index contributed by atoms with van der Waals surface area (Å²) in [7, 11) is 0. The summed E-state index contributed by atoms with van der Waals surface area (Å²) >= 11 is 0. The van der Waals surface area contributed by atoms with Gasteiger partial charge in [-0.15, -0.1) is 0 Å². The van der Waals surface area contributed by atoms with Crippen LogP contribution in [0.1, 0.15) is 78.4 Å². The van der Waals surface area contributed by atoms with Gasteiger partial charge in [-0.05, 0) is 97.5 Å². The second-order valence-electron chi connectivity index (χ2n) is 11.6. The number of carbonyl (C=O) groups excluding carboxylic acids is 2. The highest BCUT2D eigenvalue weighted by Crippen LogP contribution is 2.36. The summed E-state index contributed by atoms with van der Waals surface area (Å²) in [5.41, 5.74) is 6.44. The second kappa shape index (κ2) is 11.7. The minimum absolute atomic E-state index is 0.0852. The van der Waals surface area contributed by atoms with Crippen molar-refractivity contribution < 1.29 is 18.7 Å². The fraction of sp³-hybridized carbons (Fsp3) is 0.353. The van der Waals surface area contributed by atoms with Crippen molar-refractivity contribution in [1.29, 1.82) is 5.26 Å². The van der Waals surface area contributed by atoms with Gasteiger partial charge in [0.25, 0.3) is 5.91 Å². The van der Waals surface area contributed by atoms with Gasteiger partial charge in [-0.1, -0.05) is 26.0 Å². The van der Waals surface area contributed by atoms with Gasteiger partial charge in [0.1, 0.15) is 12.1 Å². The van der Waals surface area contributed by atoms with Crippen molar-refractivity contribution in [1.82, 2.24) is 10.3 Å². The van der Waals surface area contributed by atoms with Crippen LogP contribution in [0.3, 0.4) is 0 Å². The van der Waals surface area contributed by atoms with Gasteiger partial charge >= 0.3 is 6.09 Å². The van der Waals surface area contributed by atoms with E-state index in [4.69, 9.17) is 9.15 Å². The van der Waals surface area contributed by atoms with Crippen LogP contribution in [-0.2, 0) is 4.74 Å². The fourth-order valence-corrected chi connectivity index (χ4v) is 6.03. The zero-order valence-electron chi connectivity index (χ0n) is 23.9. The standard InChI is InChI=1S/C34H34N4O4/c1-21(2)29-17-23(19-35)18-30-31(29)42-33(37-30)27-9-7-26(8-10-27)32(39)36-20-22-3-5-24(6-4-22)25-11-13-28(14-12-25)38-15-16-41-34(38)40/h7-14,17-18,21-22,24H,3-6,15-16,20H2,1-2H3,(H,36,39)/t22-,24-. The number of ether oxygens (including phenoxy) is 1. The van der Waals surface area contributed by atoms with E-state index < -0.39 is 0 Å². The van der Waals surface area contributed by atoms with Crippen LogP contribution in [0.2, 0.25) is 0 Å². The number of fused-ring (bicyclic) bond motifs is 1. The number of oxazole rings is 1. The molecular formula is C34H34N4O4. The predicted molar refractivity (Wildman–Crippen MR) is 160 cm³/mol. The summed E-state index contributed by atoms with van der Waals surface area (Å²) in [5.74, 6) is 1.53. The molecule has 2 fully saturated rings. The van der Waals surface area contributed by atoms with Gasteiger partial charge in [-0.25, -0.2) is 9.78 Å². The first-order valence-electron chi connectivity index (χ1n) is 14.7. The van der Waals surface area contributed by atoms with Crippen LogP contribution in [0.25, 0.3) is 22.6 Å². The van der Waals surface area contributed by atoms with Gasteiger partial charge in [0, 0.05) is 28.9 Å². The van der Waals surface area contributed by atoms with E-state index in [1.54, 1.807) is 23.1 Å². The van der Waals surface area contributed by atoms with Crippen molar-refractivity contribution in [3.8, 4) is 17.5 Å². The Morgan fingerprint density at radius 1 is 1.07 bits per heavy atom. The summed E-state index contributed by atoms with van der Waals surface area (Å²) in [6.45, 7) is 5.82. The van der Waals surface area contributed by atoms with E-state index in [0.29, 0.717) is 59.6 Å². The Morgan fingerprint density at radius 2 is 1.81 bits per heavy atom. The van der Waals surface area contributed by atoms with Crippen molar-refractivity contribution >= 4 is 28.8 Å². The Balaban J connectivity index is 1.02. The molecule has 0 unspecified atom stereocenters. The number of anilines is 1. The van der Waals surface area contributed by atoms with Gasteiger partial charge in [0.15, 0.2) is 5.58 Å². The number of nitriles is 1. The Labute approximate surface area is 245 Å². The van der Waals surface area contributed by atoms with E-state index >= 15 is 0 Å². The summed E-state index contributed by atoms with van der Waals surface area (Å²) in [6, 6.07) is 21.4. The molecule has 0 radical (unpaired) electrons. The maximum absolute atomic E-state index is 12.9. The molecule has 1 aliphatic carbocycles. The highest BCUT2D eigenvalue weighted by atomic mass is 16.6. The zero-order valence-corrected chi connectivity index (χ0v) is 23.9. The number of hydrogen-bond acceptors (Lipinski definition) is 6. The maximum Gasteiger partial charge on any atom is 0.414 e. The average Bonchev–Trinajstić information content (AvgIpc) is 3.66. The number of rotatable bonds is 7. The molecule has 214 valence electrons. The summed E-state index contributed by atoms with van der Waals surface area (Å²) in [5, 5.41) is 12.5. The van der Waals surface area contributed by atoms with E-state index in [0.717, 1.165) is 42.5 Å². The van der Waals surface area contributed by atoms with E-state index in [2.05, 4.69) is 42.4 Å². The van der Waals surface area contributed by atoms with Gasteiger partial charge in [-0.3, -0.25) is 9.69 Å². The lowest BCUT2D eigenvalue weighted by Gasteiger charge is -2.29. The topological polar surface area (TPSA) is 108 Å². The van der Waals surface area contributed by atoms with Crippen molar-refractivity contribution in [3.63, 3.8) is 0 Å². The largest absolute Gasteiger partial charge is 0.447 e. The molecule has 0 spiro atoms. The first-order valence-corrected chi connectivity index (χ1v) is 14.7. The quantitative estimate of drug-likeness (QED) is 0.256. The molecule has 8 heteroatoms. The highest BCUT2D eigenvalue weighted by molar-refractivity contribution is 5.94. The highest BCUT2D eigenvalue weighted by Gasteiger charge is 2.26. The van der Waals surface area contributed by atoms with Crippen LogP contribution < -0.4 is 10.2 Å². The van der Waals surface area contributed by atoms with Crippen LogP contribution in [0.5, 0.6) is 0 Å². The van der Waals surface area contributed by atoms with Crippen molar-refractivity contribution in [3.05, 3.63) is 82.9 Å². The molecular weight excluding hydrogens is 528 g/mol. The van der Waals surface area contributed by atoms with Gasteiger partial charge in [-0.2, -0.15) is 5.26 Å². The molecule has 42 heavy (non-hydrogen) atoms. The SMILES string of the molecule is CC(C)c1cc(C#N)cc2nc(-c3ccc(C(=O)NC[C@H]4CC[C@H](c5ccc(N6CCOC6=O)cc5)CC4)cc3)oc12. The molecule has 1 saturated carbocycles. The third kappa shape index (κ3) is 5.60. The summed E-state index contributed by atoms with van der Waals surface area (Å²) in [4.78, 5) is 31.0. The fourth-order valence-electron chi connectivity index (χ4n) is 6.03. The van der Waals surface area contributed by atoms with Crippen LogP contribution >= 0.6 is 0 Å². The Morgan fingerprint density at radius 3 is 2.45 bits per heavy atom. The number of aromatic nitrogens is 1. The lowest BCUT2D eigenvalue weighted by atomic mass is 9.78. The van der Waals surface area contributed by atoms with E-state index in [9.17, 15) is 14.9 Å².